The minimum atomic E-state index is 0.000957. The maximum absolute atomic E-state index is 13.1. The van der Waals surface area contributed by atoms with Gasteiger partial charge in [-0.2, -0.15) is 5.10 Å². The lowest BCUT2D eigenvalue weighted by Gasteiger charge is -2.34. The molecule has 2 aliphatic rings. The molecule has 1 aromatic carbocycles. The molecule has 26 heavy (non-hydrogen) atoms. The van der Waals surface area contributed by atoms with Gasteiger partial charge in [-0.3, -0.25) is 9.59 Å². The van der Waals surface area contributed by atoms with Crippen LogP contribution in [0.4, 0.5) is 0 Å². The Bertz CT molecular complexity index is 820. The Morgan fingerprint density at radius 1 is 0.923 bits per heavy atom. The Hall–Kier alpha value is -2.63. The van der Waals surface area contributed by atoms with E-state index in [2.05, 4.69) is 0 Å². The molecule has 0 radical (unpaired) electrons. The topological polar surface area (TPSA) is 58.4 Å². The Labute approximate surface area is 153 Å². The van der Waals surface area contributed by atoms with E-state index in [-0.39, 0.29) is 11.8 Å². The third-order valence-corrected chi connectivity index (χ3v) is 5.40. The average Bonchev–Trinajstić information content (AvgIpc) is 3.08. The van der Waals surface area contributed by atoms with Crippen LogP contribution in [0.5, 0.6) is 0 Å². The predicted molar refractivity (Wildman–Crippen MR) is 98.4 cm³/mol. The lowest BCUT2D eigenvalue weighted by Crippen LogP contribution is -2.50. The first kappa shape index (κ1) is 16.8. The number of carbonyl (C=O) groups is 2. The van der Waals surface area contributed by atoms with E-state index >= 15 is 0 Å². The Morgan fingerprint density at radius 2 is 1.58 bits per heavy atom. The molecule has 0 bridgehead atoms. The number of aromatic nitrogens is 2. The summed E-state index contributed by atoms with van der Waals surface area (Å²) >= 11 is 0. The molecule has 4 rings (SSSR count). The van der Waals surface area contributed by atoms with Gasteiger partial charge in [0.25, 0.3) is 5.91 Å². The van der Waals surface area contributed by atoms with Crippen molar-refractivity contribution in [3.8, 4) is 5.69 Å². The Kier molecular flexibility index (Phi) is 4.49. The molecular weight excluding hydrogens is 328 g/mol. The second kappa shape index (κ2) is 6.94. The summed E-state index contributed by atoms with van der Waals surface area (Å²) in [5.41, 5.74) is 3.89. The first-order valence-electron chi connectivity index (χ1n) is 9.36. The molecule has 1 fully saturated rings. The smallest absolute Gasteiger partial charge is 0.274 e. The fourth-order valence-electron chi connectivity index (χ4n) is 3.93. The number of hydrogen-bond donors (Lipinski definition) is 0. The first-order valence-corrected chi connectivity index (χ1v) is 9.36. The summed E-state index contributed by atoms with van der Waals surface area (Å²) in [6.07, 6.45) is 4.11. The predicted octanol–water partition coefficient (Wildman–Crippen LogP) is 2.06. The van der Waals surface area contributed by atoms with Crippen molar-refractivity contribution in [2.45, 2.75) is 32.6 Å². The van der Waals surface area contributed by atoms with Crippen LogP contribution in [-0.4, -0.2) is 57.6 Å². The molecule has 2 heterocycles. The molecule has 0 spiro atoms. The quantitative estimate of drug-likeness (QED) is 0.831. The molecule has 6 heteroatoms. The minimum Gasteiger partial charge on any atom is -0.339 e. The third-order valence-electron chi connectivity index (χ3n) is 5.40. The zero-order valence-electron chi connectivity index (χ0n) is 15.1. The van der Waals surface area contributed by atoms with Crippen molar-refractivity contribution in [1.82, 2.24) is 19.6 Å². The number of para-hydroxylation sites is 1. The standard InChI is InChI=1S/C20H24N4O2/c1-15(25)22-11-13-23(14-12-22)20(26)19-17-9-5-6-10-18(17)24(21-19)16-7-3-2-4-8-16/h2-4,7-8H,5-6,9-14H2,1H3. The highest BCUT2D eigenvalue weighted by Gasteiger charge is 2.30. The highest BCUT2D eigenvalue weighted by molar-refractivity contribution is 5.94. The maximum atomic E-state index is 13.1. The SMILES string of the molecule is CC(=O)N1CCN(C(=O)c2nn(-c3ccccc3)c3c2CCCC3)CC1. The summed E-state index contributed by atoms with van der Waals surface area (Å²) in [5, 5.41) is 4.74. The Balaban J connectivity index is 1.63. The fourth-order valence-corrected chi connectivity index (χ4v) is 3.93. The Morgan fingerprint density at radius 3 is 2.27 bits per heavy atom. The number of carbonyl (C=O) groups excluding carboxylic acids is 2. The summed E-state index contributed by atoms with van der Waals surface area (Å²) in [5.74, 6) is 0.0730. The zero-order chi connectivity index (χ0) is 18.1. The molecule has 6 nitrogen and oxygen atoms in total. The summed E-state index contributed by atoms with van der Waals surface area (Å²) < 4.78 is 1.95. The molecule has 2 amide bonds. The van der Waals surface area contributed by atoms with Crippen LogP contribution < -0.4 is 0 Å². The number of nitrogens with zero attached hydrogens (tertiary/aromatic N) is 4. The van der Waals surface area contributed by atoms with Crippen molar-refractivity contribution in [1.29, 1.82) is 0 Å². The highest BCUT2D eigenvalue weighted by atomic mass is 16.2. The average molecular weight is 352 g/mol. The van der Waals surface area contributed by atoms with Crippen molar-refractivity contribution < 1.29 is 9.59 Å². The monoisotopic (exact) mass is 352 g/mol. The molecule has 2 aromatic rings. The molecular formula is C20H24N4O2. The number of piperazine rings is 1. The molecule has 1 saturated heterocycles. The minimum absolute atomic E-state index is 0.000957. The second-order valence-electron chi connectivity index (χ2n) is 7.03. The third kappa shape index (κ3) is 3.00. The highest BCUT2D eigenvalue weighted by Crippen LogP contribution is 2.28. The molecule has 1 aliphatic heterocycles. The van der Waals surface area contributed by atoms with Gasteiger partial charge in [0.15, 0.2) is 5.69 Å². The largest absolute Gasteiger partial charge is 0.339 e. The number of fused-ring (bicyclic) bond motifs is 1. The van der Waals surface area contributed by atoms with Crippen LogP contribution in [0.15, 0.2) is 30.3 Å². The van der Waals surface area contributed by atoms with E-state index in [1.54, 1.807) is 11.8 Å². The lowest BCUT2D eigenvalue weighted by molar-refractivity contribution is -0.130. The first-order chi connectivity index (χ1) is 12.6. The van der Waals surface area contributed by atoms with E-state index in [4.69, 9.17) is 5.10 Å². The molecule has 0 N–H and O–H groups in total. The molecule has 136 valence electrons. The van der Waals surface area contributed by atoms with Gasteiger partial charge in [-0.1, -0.05) is 18.2 Å². The van der Waals surface area contributed by atoms with Crippen molar-refractivity contribution in [3.63, 3.8) is 0 Å². The second-order valence-corrected chi connectivity index (χ2v) is 7.03. The van der Waals surface area contributed by atoms with E-state index in [1.165, 1.54) is 5.69 Å². The number of rotatable bonds is 2. The lowest BCUT2D eigenvalue weighted by atomic mass is 9.95. The van der Waals surface area contributed by atoms with Crippen LogP contribution in [0, 0.1) is 0 Å². The van der Waals surface area contributed by atoms with Crippen LogP contribution >= 0.6 is 0 Å². The molecule has 1 aliphatic carbocycles. The summed E-state index contributed by atoms with van der Waals surface area (Å²) in [6, 6.07) is 10.0. The van der Waals surface area contributed by atoms with Gasteiger partial charge in [0.2, 0.25) is 5.91 Å². The van der Waals surface area contributed by atoms with Crippen LogP contribution in [0.25, 0.3) is 5.69 Å². The van der Waals surface area contributed by atoms with Gasteiger partial charge in [0.05, 0.1) is 5.69 Å². The zero-order valence-corrected chi connectivity index (χ0v) is 15.1. The van der Waals surface area contributed by atoms with E-state index in [0.717, 1.165) is 36.9 Å². The van der Waals surface area contributed by atoms with Gasteiger partial charge in [0.1, 0.15) is 0 Å². The molecule has 0 atom stereocenters. The summed E-state index contributed by atoms with van der Waals surface area (Å²) in [7, 11) is 0. The number of amides is 2. The van der Waals surface area contributed by atoms with Gasteiger partial charge in [0, 0.05) is 44.4 Å². The normalized spacial score (nSPS) is 17.1. The van der Waals surface area contributed by atoms with Crippen LogP contribution in [0.2, 0.25) is 0 Å². The van der Waals surface area contributed by atoms with Gasteiger partial charge in [-0.25, -0.2) is 4.68 Å². The van der Waals surface area contributed by atoms with Crippen molar-refractivity contribution in [2.24, 2.45) is 0 Å². The van der Waals surface area contributed by atoms with Crippen molar-refractivity contribution in [2.75, 3.05) is 26.2 Å². The van der Waals surface area contributed by atoms with Crippen molar-refractivity contribution >= 4 is 11.8 Å². The number of benzene rings is 1. The summed E-state index contributed by atoms with van der Waals surface area (Å²) in [6.45, 7) is 3.93. The summed E-state index contributed by atoms with van der Waals surface area (Å²) in [4.78, 5) is 28.3. The van der Waals surface area contributed by atoms with Crippen LogP contribution in [0.3, 0.4) is 0 Å². The fraction of sp³-hybridized carbons (Fsp3) is 0.450. The van der Waals surface area contributed by atoms with Crippen LogP contribution in [0.1, 0.15) is 41.5 Å². The molecule has 0 saturated carbocycles. The van der Waals surface area contributed by atoms with Crippen molar-refractivity contribution in [3.05, 3.63) is 47.3 Å². The maximum Gasteiger partial charge on any atom is 0.274 e. The van der Waals surface area contributed by atoms with E-state index in [9.17, 15) is 9.59 Å². The molecule has 0 unspecified atom stereocenters. The van der Waals surface area contributed by atoms with Gasteiger partial charge in [-0.15, -0.1) is 0 Å². The van der Waals surface area contributed by atoms with E-state index < -0.39 is 0 Å². The van der Waals surface area contributed by atoms with E-state index in [0.29, 0.717) is 31.9 Å². The van der Waals surface area contributed by atoms with Gasteiger partial charge in [-0.05, 0) is 37.8 Å². The van der Waals surface area contributed by atoms with E-state index in [1.807, 2.05) is 39.9 Å². The van der Waals surface area contributed by atoms with Gasteiger partial charge < -0.3 is 9.80 Å². The molecule has 1 aromatic heterocycles. The van der Waals surface area contributed by atoms with Gasteiger partial charge >= 0.3 is 0 Å². The van der Waals surface area contributed by atoms with Crippen LogP contribution in [-0.2, 0) is 17.6 Å². The number of hydrogen-bond acceptors (Lipinski definition) is 3.